The maximum absolute atomic E-state index is 12.7. The topological polar surface area (TPSA) is 50.4 Å². The number of aromatic nitrogens is 1. The maximum atomic E-state index is 12.7. The largest absolute Gasteiger partial charge is 0.460 e. The van der Waals surface area contributed by atoms with Crippen LogP contribution in [0.2, 0.25) is 0 Å². The van der Waals surface area contributed by atoms with Crippen LogP contribution in [0.3, 0.4) is 0 Å². The van der Waals surface area contributed by atoms with E-state index in [-0.39, 0.29) is 5.91 Å². The van der Waals surface area contributed by atoms with Gasteiger partial charge in [-0.1, -0.05) is 18.6 Å². The number of furan rings is 1. The van der Waals surface area contributed by atoms with Crippen molar-refractivity contribution in [3.8, 4) is 0 Å². The molecule has 3 rings (SSSR count). The predicted molar refractivity (Wildman–Crippen MR) is 106 cm³/mol. The Balaban J connectivity index is 1.60. The average molecular weight is 357 g/mol. The van der Waals surface area contributed by atoms with E-state index in [1.54, 1.807) is 0 Å². The Hall–Kier alpha value is -2.01. The standard InChI is InChI=1S/C21H31N3O2/c1-15(2)14-24-18-12-17(4)26-20(18)13-19(24)21(25)22-9-7-11-23-10-6-5-8-16(23)3/h12-13,16H,1,5-11,14H2,2-4H3,(H,22,25). The summed E-state index contributed by atoms with van der Waals surface area (Å²) in [4.78, 5) is 15.2. The van der Waals surface area contributed by atoms with Gasteiger partial charge < -0.3 is 19.2 Å². The van der Waals surface area contributed by atoms with Crippen molar-refractivity contribution < 1.29 is 9.21 Å². The Labute approximate surface area is 156 Å². The molecule has 0 aromatic carbocycles. The Morgan fingerprint density at radius 2 is 2.19 bits per heavy atom. The molecule has 1 unspecified atom stereocenters. The van der Waals surface area contributed by atoms with Crippen LogP contribution in [0.25, 0.3) is 11.1 Å². The van der Waals surface area contributed by atoms with Crippen LogP contribution in [0.15, 0.2) is 28.7 Å². The van der Waals surface area contributed by atoms with Crippen LogP contribution in [-0.4, -0.2) is 41.1 Å². The van der Waals surface area contributed by atoms with Gasteiger partial charge in [0.15, 0.2) is 5.58 Å². The van der Waals surface area contributed by atoms with Crippen LogP contribution in [0.1, 0.15) is 55.8 Å². The molecule has 2 aromatic heterocycles. The molecule has 1 atom stereocenters. The van der Waals surface area contributed by atoms with Crippen LogP contribution >= 0.6 is 0 Å². The highest BCUT2D eigenvalue weighted by Crippen LogP contribution is 2.24. The third-order valence-electron chi connectivity index (χ3n) is 5.22. The fourth-order valence-corrected chi connectivity index (χ4v) is 3.86. The van der Waals surface area contributed by atoms with E-state index in [2.05, 4.69) is 23.7 Å². The number of rotatable bonds is 7. The highest BCUT2D eigenvalue weighted by molar-refractivity contribution is 5.97. The van der Waals surface area contributed by atoms with Gasteiger partial charge in [0, 0.05) is 37.8 Å². The Kier molecular flexibility index (Phi) is 5.87. The summed E-state index contributed by atoms with van der Waals surface area (Å²) in [7, 11) is 0. The van der Waals surface area contributed by atoms with Crippen molar-refractivity contribution in [2.75, 3.05) is 19.6 Å². The smallest absolute Gasteiger partial charge is 0.268 e. The first-order chi connectivity index (χ1) is 12.5. The molecule has 1 N–H and O–H groups in total. The third-order valence-corrected chi connectivity index (χ3v) is 5.22. The number of carbonyl (C=O) groups is 1. The molecule has 3 heterocycles. The summed E-state index contributed by atoms with van der Waals surface area (Å²) in [5.41, 5.74) is 3.37. The number of hydrogen-bond donors (Lipinski definition) is 1. The molecule has 2 aromatic rings. The molecule has 0 bridgehead atoms. The van der Waals surface area contributed by atoms with Gasteiger partial charge in [0.05, 0.1) is 5.52 Å². The van der Waals surface area contributed by atoms with Crippen molar-refractivity contribution in [3.63, 3.8) is 0 Å². The van der Waals surface area contributed by atoms with E-state index in [9.17, 15) is 4.79 Å². The second kappa shape index (κ2) is 8.12. The fourth-order valence-electron chi connectivity index (χ4n) is 3.86. The van der Waals surface area contributed by atoms with Gasteiger partial charge in [-0.25, -0.2) is 0 Å². The van der Waals surface area contributed by atoms with Crippen LogP contribution in [0.5, 0.6) is 0 Å². The zero-order valence-corrected chi connectivity index (χ0v) is 16.3. The minimum Gasteiger partial charge on any atom is -0.460 e. The first-order valence-electron chi connectivity index (χ1n) is 9.72. The lowest BCUT2D eigenvalue weighted by Gasteiger charge is -2.33. The number of likely N-dealkylation sites (tertiary alicyclic amines) is 1. The Bertz CT molecular complexity index is 787. The monoisotopic (exact) mass is 357 g/mol. The van der Waals surface area contributed by atoms with Gasteiger partial charge in [-0.05, 0) is 46.6 Å². The van der Waals surface area contributed by atoms with Crippen molar-refractivity contribution >= 4 is 17.0 Å². The van der Waals surface area contributed by atoms with Crippen molar-refractivity contribution in [2.24, 2.45) is 0 Å². The number of amides is 1. The van der Waals surface area contributed by atoms with E-state index in [0.717, 1.165) is 35.4 Å². The summed E-state index contributed by atoms with van der Waals surface area (Å²) in [6, 6.07) is 4.49. The van der Waals surface area contributed by atoms with Gasteiger partial charge >= 0.3 is 0 Å². The van der Waals surface area contributed by atoms with Crippen molar-refractivity contribution in [2.45, 2.75) is 59.0 Å². The predicted octanol–water partition coefficient (Wildman–Crippen LogP) is 4.11. The molecule has 5 heteroatoms. The summed E-state index contributed by atoms with van der Waals surface area (Å²) in [6.45, 7) is 13.7. The van der Waals surface area contributed by atoms with E-state index in [1.807, 2.05) is 30.5 Å². The van der Waals surface area contributed by atoms with E-state index in [4.69, 9.17) is 4.42 Å². The zero-order chi connectivity index (χ0) is 18.7. The summed E-state index contributed by atoms with van der Waals surface area (Å²) >= 11 is 0. The summed E-state index contributed by atoms with van der Waals surface area (Å²) in [5.74, 6) is 0.815. The molecule has 1 saturated heterocycles. The second-order valence-electron chi connectivity index (χ2n) is 7.67. The lowest BCUT2D eigenvalue weighted by atomic mass is 10.0. The molecule has 1 aliphatic heterocycles. The molecule has 142 valence electrons. The minimum absolute atomic E-state index is 0.0398. The maximum Gasteiger partial charge on any atom is 0.268 e. The fraction of sp³-hybridized carbons (Fsp3) is 0.571. The molecule has 0 radical (unpaired) electrons. The molecular formula is C21H31N3O2. The average Bonchev–Trinajstić information content (AvgIpc) is 3.10. The molecule has 5 nitrogen and oxygen atoms in total. The lowest BCUT2D eigenvalue weighted by Crippen LogP contribution is -2.39. The van der Waals surface area contributed by atoms with E-state index in [0.29, 0.717) is 24.8 Å². The van der Waals surface area contributed by atoms with Gasteiger partial charge in [0.25, 0.3) is 5.91 Å². The SMILES string of the molecule is C=C(C)Cn1c(C(=O)NCCCN2CCCCC2C)cc2oc(C)cc21. The molecule has 0 aliphatic carbocycles. The van der Waals surface area contributed by atoms with E-state index in [1.165, 1.54) is 25.8 Å². The van der Waals surface area contributed by atoms with Crippen molar-refractivity contribution in [1.82, 2.24) is 14.8 Å². The number of carbonyl (C=O) groups excluding carboxylic acids is 1. The van der Waals surface area contributed by atoms with E-state index < -0.39 is 0 Å². The molecule has 1 amide bonds. The number of nitrogens with zero attached hydrogens (tertiary/aromatic N) is 2. The number of fused-ring (bicyclic) bond motifs is 1. The number of nitrogens with one attached hydrogen (secondary N) is 1. The first kappa shape index (κ1) is 18.8. The van der Waals surface area contributed by atoms with Gasteiger partial charge in [-0.15, -0.1) is 0 Å². The number of aryl methyl sites for hydroxylation is 1. The normalized spacial score (nSPS) is 18.3. The quantitative estimate of drug-likeness (QED) is 0.599. The number of hydrogen-bond acceptors (Lipinski definition) is 3. The number of piperidine rings is 1. The molecule has 0 spiro atoms. The van der Waals surface area contributed by atoms with Crippen LogP contribution < -0.4 is 5.32 Å². The number of allylic oxidation sites excluding steroid dienone is 1. The van der Waals surface area contributed by atoms with Crippen molar-refractivity contribution in [3.05, 3.63) is 35.7 Å². The van der Waals surface area contributed by atoms with Crippen LogP contribution in [0.4, 0.5) is 0 Å². The molecule has 26 heavy (non-hydrogen) atoms. The molecule has 1 fully saturated rings. The summed E-state index contributed by atoms with van der Waals surface area (Å²) < 4.78 is 7.70. The Morgan fingerprint density at radius 1 is 1.38 bits per heavy atom. The molecule has 1 aliphatic rings. The second-order valence-corrected chi connectivity index (χ2v) is 7.67. The van der Waals surface area contributed by atoms with Crippen LogP contribution in [-0.2, 0) is 6.54 Å². The molecular weight excluding hydrogens is 326 g/mol. The lowest BCUT2D eigenvalue weighted by molar-refractivity contribution is 0.0940. The summed E-state index contributed by atoms with van der Waals surface area (Å²) in [5, 5.41) is 3.07. The first-order valence-corrected chi connectivity index (χ1v) is 9.72. The third kappa shape index (κ3) is 4.21. The highest BCUT2D eigenvalue weighted by Gasteiger charge is 2.19. The Morgan fingerprint density at radius 3 is 2.92 bits per heavy atom. The van der Waals surface area contributed by atoms with Crippen LogP contribution in [0, 0.1) is 6.92 Å². The van der Waals surface area contributed by atoms with Gasteiger partial charge in [0.2, 0.25) is 0 Å². The zero-order valence-electron chi connectivity index (χ0n) is 16.3. The molecule has 0 saturated carbocycles. The summed E-state index contributed by atoms with van der Waals surface area (Å²) in [6.07, 6.45) is 4.91. The van der Waals surface area contributed by atoms with E-state index >= 15 is 0 Å². The van der Waals surface area contributed by atoms with Gasteiger partial charge in [-0.2, -0.15) is 0 Å². The highest BCUT2D eigenvalue weighted by atomic mass is 16.3. The van der Waals surface area contributed by atoms with Crippen molar-refractivity contribution in [1.29, 1.82) is 0 Å². The van der Waals surface area contributed by atoms with Gasteiger partial charge in [0.1, 0.15) is 11.5 Å². The van der Waals surface area contributed by atoms with Gasteiger partial charge in [-0.3, -0.25) is 4.79 Å². The minimum atomic E-state index is -0.0398.